The molecule has 0 aliphatic rings. The van der Waals surface area contributed by atoms with Crippen LogP contribution in [0.2, 0.25) is 0 Å². The maximum atomic E-state index is 13.7. The Kier molecular flexibility index (Phi) is 11.3. The average Bonchev–Trinajstić information content (AvgIpc) is 3.47. The lowest BCUT2D eigenvalue weighted by Gasteiger charge is -2.15. The molecule has 244 valence electrons. The van der Waals surface area contributed by atoms with Crippen LogP contribution in [0.25, 0.3) is 17.3 Å². The molecule has 0 spiro atoms. The maximum Gasteiger partial charge on any atom is 0.272 e. The van der Waals surface area contributed by atoms with Gasteiger partial charge in [-0.3, -0.25) is 14.4 Å². The van der Waals surface area contributed by atoms with E-state index in [2.05, 4.69) is 20.9 Å². The van der Waals surface area contributed by atoms with E-state index in [9.17, 15) is 14.4 Å². The minimum atomic E-state index is -0.551. The zero-order valence-corrected chi connectivity index (χ0v) is 28.4. The number of anilines is 2. The van der Waals surface area contributed by atoms with Gasteiger partial charge in [0, 0.05) is 32.2 Å². The molecule has 3 N–H and O–H groups in total. The molecule has 0 aliphatic heterocycles. The van der Waals surface area contributed by atoms with Crippen LogP contribution in [0, 0.1) is 6.92 Å². The smallest absolute Gasteiger partial charge is 0.272 e. The molecule has 5 rings (SSSR count). The summed E-state index contributed by atoms with van der Waals surface area (Å²) in [6.45, 7) is 3.79. The van der Waals surface area contributed by atoms with Crippen LogP contribution in [0.15, 0.2) is 114 Å². The van der Waals surface area contributed by atoms with Crippen molar-refractivity contribution in [3.8, 4) is 22.8 Å². The summed E-state index contributed by atoms with van der Waals surface area (Å²) in [5, 5.41) is 8.64. The van der Waals surface area contributed by atoms with Crippen molar-refractivity contribution in [1.29, 1.82) is 0 Å². The van der Waals surface area contributed by atoms with Crippen LogP contribution in [0.1, 0.15) is 27.7 Å². The van der Waals surface area contributed by atoms with E-state index in [0.29, 0.717) is 33.4 Å². The lowest BCUT2D eigenvalue weighted by atomic mass is 10.1. The first-order valence-corrected chi connectivity index (χ1v) is 16.7. The molecule has 0 aliphatic carbocycles. The molecule has 1 atom stereocenters. The fourth-order valence-electron chi connectivity index (χ4n) is 4.75. The Morgan fingerprint density at radius 1 is 0.854 bits per heavy atom. The van der Waals surface area contributed by atoms with Gasteiger partial charge in [0.25, 0.3) is 11.8 Å². The van der Waals surface area contributed by atoms with Crippen molar-refractivity contribution in [2.45, 2.75) is 24.0 Å². The number of nitrogens with one attached hydrogen (secondary N) is 3. The van der Waals surface area contributed by atoms with Crippen molar-refractivity contribution in [1.82, 2.24) is 10.3 Å². The van der Waals surface area contributed by atoms with Gasteiger partial charge >= 0.3 is 0 Å². The highest BCUT2D eigenvalue weighted by Gasteiger charge is 2.20. The lowest BCUT2D eigenvalue weighted by molar-refractivity contribution is -0.115. The molecule has 9 nitrogen and oxygen atoms in total. The number of aromatic nitrogens is 1. The number of amides is 3. The van der Waals surface area contributed by atoms with E-state index in [1.165, 1.54) is 43.4 Å². The first kappa shape index (κ1) is 34.0. The third-order valence-corrected chi connectivity index (χ3v) is 9.09. The van der Waals surface area contributed by atoms with Gasteiger partial charge in [-0.2, -0.15) is 0 Å². The molecule has 0 radical (unpaired) electrons. The molecule has 0 fully saturated rings. The van der Waals surface area contributed by atoms with Gasteiger partial charge in [-0.05, 0) is 56.3 Å². The largest absolute Gasteiger partial charge is 0.493 e. The van der Waals surface area contributed by atoms with Crippen LogP contribution in [0.3, 0.4) is 0 Å². The number of carbonyl (C=O) groups excluding carboxylic acids is 3. The average molecular weight is 679 g/mol. The van der Waals surface area contributed by atoms with Crippen molar-refractivity contribution >= 4 is 57.7 Å². The lowest BCUT2D eigenvalue weighted by Crippen LogP contribution is -2.30. The van der Waals surface area contributed by atoms with Crippen molar-refractivity contribution < 1.29 is 23.9 Å². The number of benzene rings is 4. The third kappa shape index (κ3) is 8.49. The first-order valence-electron chi connectivity index (χ1n) is 15.0. The van der Waals surface area contributed by atoms with E-state index in [1.807, 2.05) is 50.2 Å². The van der Waals surface area contributed by atoms with Gasteiger partial charge in [0.1, 0.15) is 5.70 Å². The molecule has 0 saturated heterocycles. The van der Waals surface area contributed by atoms with E-state index < -0.39 is 17.1 Å². The highest BCUT2D eigenvalue weighted by Crippen LogP contribution is 2.33. The Hall–Kier alpha value is -5.39. The van der Waals surface area contributed by atoms with E-state index in [-0.39, 0.29) is 11.6 Å². The second kappa shape index (κ2) is 15.9. The zero-order valence-electron chi connectivity index (χ0n) is 26.8. The van der Waals surface area contributed by atoms with Crippen LogP contribution >= 0.6 is 23.1 Å². The third-order valence-electron chi connectivity index (χ3n) is 7.11. The van der Waals surface area contributed by atoms with Gasteiger partial charge in [0.2, 0.25) is 5.91 Å². The molecular formula is C37H34N4O5S2. The van der Waals surface area contributed by atoms with Gasteiger partial charge in [0.05, 0.1) is 25.2 Å². The van der Waals surface area contributed by atoms with Crippen LogP contribution in [0.4, 0.5) is 10.8 Å². The predicted molar refractivity (Wildman–Crippen MR) is 193 cm³/mol. The minimum Gasteiger partial charge on any atom is -0.493 e. The number of nitrogens with zero attached hydrogens (tertiary/aromatic N) is 1. The number of hydrogen-bond acceptors (Lipinski definition) is 8. The second-order valence-corrected chi connectivity index (χ2v) is 13.1. The summed E-state index contributed by atoms with van der Waals surface area (Å²) < 4.78 is 10.9. The van der Waals surface area contributed by atoms with E-state index in [0.717, 1.165) is 21.0 Å². The summed E-state index contributed by atoms with van der Waals surface area (Å²) in [7, 11) is 3.02. The number of carbonyl (C=O) groups is 3. The van der Waals surface area contributed by atoms with Crippen molar-refractivity contribution in [3.05, 3.63) is 125 Å². The Labute approximate surface area is 287 Å². The number of para-hydroxylation sites is 1. The summed E-state index contributed by atoms with van der Waals surface area (Å²) in [5.74, 6) is -0.303. The van der Waals surface area contributed by atoms with Gasteiger partial charge < -0.3 is 25.4 Å². The predicted octanol–water partition coefficient (Wildman–Crippen LogP) is 7.66. The van der Waals surface area contributed by atoms with Crippen LogP contribution < -0.4 is 25.4 Å². The van der Waals surface area contributed by atoms with Gasteiger partial charge in [-0.25, -0.2) is 4.98 Å². The number of rotatable bonds is 12. The van der Waals surface area contributed by atoms with Crippen LogP contribution in [-0.2, 0) is 9.59 Å². The standard InChI is InChI=1S/C37H34N4O5S2/c1-23-32(25-13-7-5-8-14-25)40-37(48-23)41-34(42)24(2)47-29-19-12-18-28(22-29)38-36(44)30(39-35(43)26-15-9-6-10-16-26)21-27-17-11-20-31(45-3)33(27)46-4/h5-22,24H,1-4H3,(H,38,44)(H,39,43)(H,40,41,42)/b30-21+. The topological polar surface area (TPSA) is 119 Å². The van der Waals surface area contributed by atoms with Crippen molar-refractivity contribution in [3.63, 3.8) is 0 Å². The van der Waals surface area contributed by atoms with Crippen LogP contribution in [-0.4, -0.2) is 42.2 Å². The van der Waals surface area contributed by atoms with Gasteiger partial charge in [-0.1, -0.05) is 66.7 Å². The Morgan fingerprint density at radius 3 is 2.27 bits per heavy atom. The van der Waals surface area contributed by atoms with Gasteiger partial charge in [-0.15, -0.1) is 23.1 Å². The highest BCUT2D eigenvalue weighted by atomic mass is 32.2. The summed E-state index contributed by atoms with van der Waals surface area (Å²) in [6, 6.07) is 30.9. The molecular weight excluding hydrogens is 645 g/mol. The molecule has 48 heavy (non-hydrogen) atoms. The Morgan fingerprint density at radius 2 is 1.56 bits per heavy atom. The fraction of sp³-hybridized carbons (Fsp3) is 0.135. The number of aryl methyl sites for hydroxylation is 1. The quantitative estimate of drug-likeness (QED) is 0.0916. The number of methoxy groups -OCH3 is 2. The molecule has 0 saturated carbocycles. The highest BCUT2D eigenvalue weighted by molar-refractivity contribution is 8.00. The van der Waals surface area contributed by atoms with E-state index >= 15 is 0 Å². The molecule has 0 bridgehead atoms. The number of hydrogen-bond donors (Lipinski definition) is 3. The molecule has 1 unspecified atom stereocenters. The maximum absolute atomic E-state index is 13.7. The van der Waals surface area contributed by atoms with Gasteiger partial charge in [0.15, 0.2) is 16.6 Å². The minimum absolute atomic E-state index is 0.00480. The molecule has 11 heteroatoms. The Balaban J connectivity index is 1.31. The monoisotopic (exact) mass is 678 g/mol. The number of ether oxygens (including phenoxy) is 2. The molecule has 1 aromatic heterocycles. The number of thioether (sulfide) groups is 1. The summed E-state index contributed by atoms with van der Waals surface area (Å²) >= 11 is 2.78. The van der Waals surface area contributed by atoms with Crippen LogP contribution in [0.5, 0.6) is 11.5 Å². The molecule has 3 amide bonds. The molecule has 4 aromatic carbocycles. The summed E-state index contributed by atoms with van der Waals surface area (Å²) in [5.41, 5.74) is 3.24. The summed E-state index contributed by atoms with van der Waals surface area (Å²) in [6.07, 6.45) is 1.53. The molecule has 1 heterocycles. The second-order valence-electron chi connectivity index (χ2n) is 10.5. The first-order chi connectivity index (χ1) is 23.2. The summed E-state index contributed by atoms with van der Waals surface area (Å²) in [4.78, 5) is 46.3. The zero-order chi connectivity index (χ0) is 34.0. The SMILES string of the molecule is COc1cccc(/C=C(/NC(=O)c2ccccc2)C(=O)Nc2cccc(SC(C)C(=O)Nc3nc(-c4ccccc4)c(C)s3)c2)c1OC. The van der Waals surface area contributed by atoms with Crippen molar-refractivity contribution in [2.75, 3.05) is 24.9 Å². The fourth-order valence-corrected chi connectivity index (χ4v) is 6.51. The number of thiazole rings is 1. The molecule has 5 aromatic rings. The Bertz CT molecular complexity index is 1940. The van der Waals surface area contributed by atoms with E-state index in [1.54, 1.807) is 66.7 Å². The van der Waals surface area contributed by atoms with Crippen molar-refractivity contribution in [2.24, 2.45) is 0 Å². The van der Waals surface area contributed by atoms with E-state index in [4.69, 9.17) is 9.47 Å². The normalized spacial score (nSPS) is 11.7.